The number of halogens is 1. The summed E-state index contributed by atoms with van der Waals surface area (Å²) >= 11 is 0. The number of hydrogen-bond donors (Lipinski definition) is 0. The third-order valence-corrected chi connectivity index (χ3v) is 3.85. The summed E-state index contributed by atoms with van der Waals surface area (Å²) in [5.74, 6) is 0.117. The van der Waals surface area contributed by atoms with Crippen molar-refractivity contribution in [2.75, 3.05) is 0 Å². The van der Waals surface area contributed by atoms with Crippen LogP contribution in [0.25, 0.3) is 32.9 Å². The summed E-state index contributed by atoms with van der Waals surface area (Å²) in [4.78, 5) is 12.0. The van der Waals surface area contributed by atoms with Crippen molar-refractivity contribution in [3.8, 4) is 22.4 Å². The highest BCUT2D eigenvalue weighted by molar-refractivity contribution is 5.81. The molecule has 3 aromatic heterocycles. The van der Waals surface area contributed by atoms with E-state index in [2.05, 4.69) is 14.8 Å². The molecule has 0 saturated carbocycles. The van der Waals surface area contributed by atoms with Crippen LogP contribution in [0.1, 0.15) is 0 Å². The summed E-state index contributed by atoms with van der Waals surface area (Å²) in [6.07, 6.45) is 5.01. The molecule has 0 radical (unpaired) electrons. The Hall–Kier alpha value is -3.52. The average Bonchev–Trinajstić information content (AvgIpc) is 3.04. The van der Waals surface area contributed by atoms with Gasteiger partial charge in [-0.3, -0.25) is 4.98 Å². The molecule has 4 nitrogen and oxygen atoms in total. The largest absolute Gasteiger partial charge is 0.362 e. The van der Waals surface area contributed by atoms with Gasteiger partial charge in [0.05, 0.1) is 18.1 Å². The topological polar surface area (TPSA) is 34.5 Å². The van der Waals surface area contributed by atoms with Crippen molar-refractivity contribution in [3.05, 3.63) is 84.4 Å². The van der Waals surface area contributed by atoms with Crippen molar-refractivity contribution < 1.29 is 4.39 Å². The molecule has 0 aliphatic carbocycles. The van der Waals surface area contributed by atoms with Crippen LogP contribution < -0.4 is 0 Å². The molecule has 0 spiro atoms. The SMILES string of the molecule is [C-]#[N+]c1cnc2ccc(-c3cccnc3-c3ccccc3F)cn12. The van der Waals surface area contributed by atoms with Gasteiger partial charge in [-0.05, 0) is 24.3 Å². The van der Waals surface area contributed by atoms with E-state index in [0.717, 1.165) is 11.1 Å². The molecule has 0 aliphatic heterocycles. The third-order valence-electron chi connectivity index (χ3n) is 3.85. The second kappa shape index (κ2) is 5.60. The molecule has 0 aliphatic rings. The summed E-state index contributed by atoms with van der Waals surface area (Å²) in [7, 11) is 0. The predicted molar refractivity (Wildman–Crippen MR) is 90.1 cm³/mol. The second-order valence-electron chi connectivity index (χ2n) is 5.25. The highest BCUT2D eigenvalue weighted by Crippen LogP contribution is 2.32. The average molecular weight is 314 g/mol. The standard InChI is InChI=1S/C19H11FN4/c1-21-18-11-23-17-9-8-13(12-24(17)18)14-6-4-10-22-19(14)15-5-2-3-7-16(15)20/h2-12H. The van der Waals surface area contributed by atoms with Gasteiger partial charge in [0.15, 0.2) is 0 Å². The Morgan fingerprint density at radius 2 is 1.79 bits per heavy atom. The number of aromatic nitrogens is 3. The van der Waals surface area contributed by atoms with Gasteiger partial charge in [0, 0.05) is 29.0 Å². The van der Waals surface area contributed by atoms with Crippen molar-refractivity contribution in [2.24, 2.45) is 0 Å². The minimum atomic E-state index is -0.317. The van der Waals surface area contributed by atoms with Gasteiger partial charge in [0.25, 0.3) is 5.82 Å². The Labute approximate surface area is 137 Å². The third kappa shape index (κ3) is 2.22. The van der Waals surface area contributed by atoms with Crippen molar-refractivity contribution in [1.82, 2.24) is 14.4 Å². The van der Waals surface area contributed by atoms with E-state index < -0.39 is 0 Å². The monoisotopic (exact) mass is 314 g/mol. The summed E-state index contributed by atoms with van der Waals surface area (Å²) in [6, 6.07) is 14.0. The highest BCUT2D eigenvalue weighted by atomic mass is 19.1. The van der Waals surface area contributed by atoms with E-state index in [9.17, 15) is 4.39 Å². The molecule has 0 fully saturated rings. The number of nitrogens with zero attached hydrogens (tertiary/aromatic N) is 4. The van der Waals surface area contributed by atoms with E-state index >= 15 is 0 Å². The first-order valence-corrected chi connectivity index (χ1v) is 7.33. The molecule has 0 atom stereocenters. The first-order valence-electron chi connectivity index (χ1n) is 7.33. The van der Waals surface area contributed by atoms with Crippen LogP contribution >= 0.6 is 0 Å². The molecule has 5 heteroatoms. The Balaban J connectivity index is 1.95. The van der Waals surface area contributed by atoms with Crippen LogP contribution in [0.2, 0.25) is 0 Å². The van der Waals surface area contributed by atoms with Gasteiger partial charge < -0.3 is 4.85 Å². The van der Waals surface area contributed by atoms with Gasteiger partial charge in [-0.1, -0.05) is 24.8 Å². The molecular formula is C19H11FN4. The molecule has 4 aromatic rings. The van der Waals surface area contributed by atoms with Gasteiger partial charge in [0.1, 0.15) is 5.82 Å². The van der Waals surface area contributed by atoms with Crippen LogP contribution in [0.5, 0.6) is 0 Å². The van der Waals surface area contributed by atoms with E-state index in [0.29, 0.717) is 22.7 Å². The maximum atomic E-state index is 14.2. The van der Waals surface area contributed by atoms with Gasteiger partial charge in [-0.2, -0.15) is 0 Å². The quantitative estimate of drug-likeness (QED) is 0.500. The highest BCUT2D eigenvalue weighted by Gasteiger charge is 2.14. The molecule has 4 rings (SSSR count). The molecule has 0 bridgehead atoms. The normalized spacial score (nSPS) is 10.7. The van der Waals surface area contributed by atoms with Crippen molar-refractivity contribution in [2.45, 2.75) is 0 Å². The van der Waals surface area contributed by atoms with Crippen LogP contribution in [0.15, 0.2) is 67.1 Å². The van der Waals surface area contributed by atoms with E-state index in [1.165, 1.54) is 12.3 Å². The smallest absolute Gasteiger partial charge is 0.254 e. The van der Waals surface area contributed by atoms with Crippen molar-refractivity contribution >= 4 is 11.5 Å². The molecule has 0 N–H and O–H groups in total. The van der Waals surface area contributed by atoms with Crippen LogP contribution in [0.4, 0.5) is 10.2 Å². The second-order valence-corrected chi connectivity index (χ2v) is 5.25. The molecule has 0 amide bonds. The van der Waals surface area contributed by atoms with Crippen molar-refractivity contribution in [1.29, 1.82) is 0 Å². The van der Waals surface area contributed by atoms with E-state index in [1.807, 2.05) is 30.5 Å². The van der Waals surface area contributed by atoms with Crippen LogP contribution in [0, 0.1) is 12.4 Å². The van der Waals surface area contributed by atoms with Crippen LogP contribution in [-0.4, -0.2) is 14.4 Å². The predicted octanol–water partition coefficient (Wildman–Crippen LogP) is 4.75. The Bertz CT molecular complexity index is 1090. The zero-order valence-corrected chi connectivity index (χ0v) is 12.5. The van der Waals surface area contributed by atoms with Crippen molar-refractivity contribution in [3.63, 3.8) is 0 Å². The number of hydrogen-bond acceptors (Lipinski definition) is 2. The molecular weight excluding hydrogens is 303 g/mol. The number of pyridine rings is 2. The van der Waals surface area contributed by atoms with E-state index in [1.54, 1.807) is 28.8 Å². The fourth-order valence-corrected chi connectivity index (χ4v) is 2.72. The maximum Gasteiger partial charge on any atom is 0.254 e. The fraction of sp³-hybridized carbons (Fsp3) is 0. The number of fused-ring (bicyclic) bond motifs is 1. The summed E-state index contributed by atoms with van der Waals surface area (Å²) in [5, 5.41) is 0. The Kier molecular flexibility index (Phi) is 3.29. The van der Waals surface area contributed by atoms with Crippen LogP contribution in [0.3, 0.4) is 0 Å². The van der Waals surface area contributed by atoms with Crippen LogP contribution in [-0.2, 0) is 0 Å². The lowest BCUT2D eigenvalue weighted by Crippen LogP contribution is -1.93. The van der Waals surface area contributed by atoms with Gasteiger partial charge in [-0.25, -0.2) is 13.8 Å². The van der Waals surface area contributed by atoms with Gasteiger partial charge in [-0.15, -0.1) is 0 Å². The lowest BCUT2D eigenvalue weighted by atomic mass is 10.0. The summed E-state index contributed by atoms with van der Waals surface area (Å²) in [6.45, 7) is 7.22. The molecule has 3 heterocycles. The molecule has 114 valence electrons. The molecule has 1 aromatic carbocycles. The zero-order chi connectivity index (χ0) is 16.5. The lowest BCUT2D eigenvalue weighted by molar-refractivity contribution is 0.631. The summed E-state index contributed by atoms with van der Waals surface area (Å²) < 4.78 is 15.9. The van der Waals surface area contributed by atoms with E-state index in [4.69, 9.17) is 6.57 Å². The number of benzene rings is 1. The first kappa shape index (κ1) is 14.1. The zero-order valence-electron chi connectivity index (χ0n) is 12.5. The number of rotatable bonds is 2. The van der Waals surface area contributed by atoms with Gasteiger partial charge >= 0.3 is 0 Å². The van der Waals surface area contributed by atoms with Gasteiger partial charge in [0.2, 0.25) is 5.65 Å². The molecule has 0 unspecified atom stereocenters. The molecule has 24 heavy (non-hydrogen) atoms. The minimum absolute atomic E-state index is 0.317. The lowest BCUT2D eigenvalue weighted by Gasteiger charge is -2.09. The molecule has 0 saturated heterocycles. The summed E-state index contributed by atoms with van der Waals surface area (Å²) in [5.41, 5.74) is 3.36. The minimum Gasteiger partial charge on any atom is -0.362 e. The van der Waals surface area contributed by atoms with E-state index in [-0.39, 0.29) is 5.82 Å². The Morgan fingerprint density at radius 1 is 0.958 bits per heavy atom. The number of imidazole rings is 1. The first-order chi connectivity index (χ1) is 11.8. The fourth-order valence-electron chi connectivity index (χ4n) is 2.72. The Morgan fingerprint density at radius 3 is 2.62 bits per heavy atom. The maximum absolute atomic E-state index is 14.2.